The first-order valence-corrected chi connectivity index (χ1v) is 8.78. The zero-order chi connectivity index (χ0) is 16.6. The summed E-state index contributed by atoms with van der Waals surface area (Å²) in [7, 11) is 0. The summed E-state index contributed by atoms with van der Waals surface area (Å²) < 4.78 is 1.01. The van der Waals surface area contributed by atoms with Crippen molar-refractivity contribution in [3.05, 3.63) is 28.2 Å². The number of likely N-dealkylation sites (tertiary alicyclic amines) is 1. The Bertz CT molecular complexity index is 626. The van der Waals surface area contributed by atoms with Crippen molar-refractivity contribution < 1.29 is 14.7 Å². The molecule has 2 fully saturated rings. The molecule has 2 aliphatic rings. The molecule has 23 heavy (non-hydrogen) atoms. The van der Waals surface area contributed by atoms with Gasteiger partial charge in [-0.25, -0.2) is 0 Å². The van der Waals surface area contributed by atoms with Gasteiger partial charge in [0.2, 0.25) is 11.8 Å². The largest absolute Gasteiger partial charge is 0.393 e. The number of benzene rings is 1. The van der Waals surface area contributed by atoms with E-state index in [0.717, 1.165) is 15.7 Å². The number of hydrogen-bond acceptors (Lipinski definition) is 3. The van der Waals surface area contributed by atoms with E-state index in [4.69, 9.17) is 0 Å². The highest BCUT2D eigenvalue weighted by atomic mass is 79.9. The minimum absolute atomic E-state index is 0.00196. The maximum Gasteiger partial charge on any atom is 0.228 e. The summed E-state index contributed by atoms with van der Waals surface area (Å²) in [5.41, 5.74) is 1.91. The number of aliphatic hydroxyl groups is 1. The second-order valence-electron chi connectivity index (χ2n) is 6.40. The molecule has 2 aliphatic heterocycles. The van der Waals surface area contributed by atoms with Gasteiger partial charge >= 0.3 is 0 Å². The van der Waals surface area contributed by atoms with Gasteiger partial charge in [0.15, 0.2) is 0 Å². The number of hydrogen-bond donors (Lipinski definition) is 1. The maximum atomic E-state index is 12.6. The van der Waals surface area contributed by atoms with Crippen molar-refractivity contribution in [2.45, 2.75) is 32.3 Å². The molecule has 1 atom stereocenters. The number of nitrogens with zero attached hydrogens (tertiary/aromatic N) is 2. The quantitative estimate of drug-likeness (QED) is 0.854. The first-order chi connectivity index (χ1) is 11.0. The zero-order valence-corrected chi connectivity index (χ0v) is 14.8. The third-order valence-electron chi connectivity index (χ3n) is 4.70. The number of piperidine rings is 1. The second kappa shape index (κ2) is 6.61. The molecule has 2 saturated heterocycles. The van der Waals surface area contributed by atoms with Crippen LogP contribution in [-0.4, -0.2) is 47.6 Å². The van der Waals surface area contributed by atoms with Gasteiger partial charge in [-0.1, -0.05) is 15.9 Å². The molecule has 1 aromatic carbocycles. The second-order valence-corrected chi connectivity index (χ2v) is 7.25. The van der Waals surface area contributed by atoms with E-state index in [1.54, 1.807) is 9.80 Å². The molecule has 1 aromatic rings. The first-order valence-electron chi connectivity index (χ1n) is 7.99. The first kappa shape index (κ1) is 16.5. The predicted molar refractivity (Wildman–Crippen MR) is 91.2 cm³/mol. The Morgan fingerprint density at radius 2 is 2.00 bits per heavy atom. The molecule has 6 heteroatoms. The summed E-state index contributed by atoms with van der Waals surface area (Å²) in [5.74, 6) is -0.231. The van der Waals surface area contributed by atoms with Crippen LogP contribution in [0.5, 0.6) is 0 Å². The van der Waals surface area contributed by atoms with Crippen LogP contribution < -0.4 is 4.90 Å². The maximum absolute atomic E-state index is 12.6. The van der Waals surface area contributed by atoms with Crippen LogP contribution >= 0.6 is 15.9 Å². The van der Waals surface area contributed by atoms with Gasteiger partial charge in [-0.3, -0.25) is 9.59 Å². The Balaban J connectivity index is 1.69. The molecule has 124 valence electrons. The molecule has 1 unspecified atom stereocenters. The SMILES string of the molecule is Cc1cc(N2CC(C(=O)N3CCC(O)CC3)CC2=O)ccc1Br. The fourth-order valence-electron chi connectivity index (χ4n) is 3.26. The number of rotatable bonds is 2. The number of anilines is 1. The van der Waals surface area contributed by atoms with E-state index in [2.05, 4.69) is 15.9 Å². The van der Waals surface area contributed by atoms with Crippen molar-refractivity contribution in [3.8, 4) is 0 Å². The molecule has 3 rings (SSSR count). The lowest BCUT2D eigenvalue weighted by Crippen LogP contribution is -2.43. The summed E-state index contributed by atoms with van der Waals surface area (Å²) in [4.78, 5) is 28.4. The van der Waals surface area contributed by atoms with E-state index in [9.17, 15) is 14.7 Å². The van der Waals surface area contributed by atoms with Crippen molar-refractivity contribution in [2.75, 3.05) is 24.5 Å². The molecule has 0 radical (unpaired) electrons. The van der Waals surface area contributed by atoms with Crippen LogP contribution in [0.3, 0.4) is 0 Å². The fourth-order valence-corrected chi connectivity index (χ4v) is 3.51. The third kappa shape index (κ3) is 3.43. The molecule has 0 aromatic heterocycles. The molecule has 2 heterocycles. The Labute approximate surface area is 144 Å². The van der Waals surface area contributed by atoms with Gasteiger partial charge < -0.3 is 14.9 Å². The van der Waals surface area contributed by atoms with E-state index in [1.165, 1.54) is 0 Å². The number of carbonyl (C=O) groups is 2. The average molecular weight is 381 g/mol. The van der Waals surface area contributed by atoms with Crippen LogP contribution in [0.4, 0.5) is 5.69 Å². The van der Waals surface area contributed by atoms with Crippen LogP contribution in [0, 0.1) is 12.8 Å². The van der Waals surface area contributed by atoms with E-state index >= 15 is 0 Å². The molecule has 0 bridgehead atoms. The van der Waals surface area contributed by atoms with Crippen molar-refractivity contribution in [1.82, 2.24) is 4.90 Å². The van der Waals surface area contributed by atoms with Gasteiger partial charge in [-0.2, -0.15) is 0 Å². The van der Waals surface area contributed by atoms with Gasteiger partial charge in [-0.15, -0.1) is 0 Å². The van der Waals surface area contributed by atoms with E-state index < -0.39 is 0 Å². The van der Waals surface area contributed by atoms with Gasteiger partial charge in [0.25, 0.3) is 0 Å². The van der Waals surface area contributed by atoms with E-state index in [1.807, 2.05) is 25.1 Å². The predicted octanol–water partition coefficient (Wildman–Crippen LogP) is 2.09. The van der Waals surface area contributed by atoms with Crippen LogP contribution in [0.15, 0.2) is 22.7 Å². The van der Waals surface area contributed by atoms with Gasteiger partial charge in [0.05, 0.1) is 12.0 Å². The minimum atomic E-state index is -0.300. The summed E-state index contributed by atoms with van der Waals surface area (Å²) >= 11 is 3.46. The summed E-state index contributed by atoms with van der Waals surface area (Å²) in [6, 6.07) is 5.80. The summed E-state index contributed by atoms with van der Waals surface area (Å²) in [6.45, 7) is 3.60. The Kier molecular flexibility index (Phi) is 4.73. The Morgan fingerprint density at radius 1 is 1.30 bits per heavy atom. The lowest BCUT2D eigenvalue weighted by Gasteiger charge is -2.31. The number of halogens is 1. The van der Waals surface area contributed by atoms with Crippen molar-refractivity contribution in [2.24, 2.45) is 5.92 Å². The van der Waals surface area contributed by atoms with Gasteiger partial charge in [-0.05, 0) is 43.5 Å². The van der Waals surface area contributed by atoms with E-state index in [-0.39, 0.29) is 30.3 Å². The molecule has 1 N–H and O–H groups in total. The highest BCUT2D eigenvalue weighted by molar-refractivity contribution is 9.10. The van der Waals surface area contributed by atoms with Gasteiger partial charge in [0, 0.05) is 36.2 Å². The smallest absolute Gasteiger partial charge is 0.228 e. The number of carbonyl (C=O) groups excluding carboxylic acids is 2. The monoisotopic (exact) mass is 380 g/mol. The van der Waals surface area contributed by atoms with E-state index in [0.29, 0.717) is 32.5 Å². The third-order valence-corrected chi connectivity index (χ3v) is 5.59. The molecular weight excluding hydrogens is 360 g/mol. The topological polar surface area (TPSA) is 60.9 Å². The summed E-state index contributed by atoms with van der Waals surface area (Å²) in [5, 5.41) is 9.55. The zero-order valence-electron chi connectivity index (χ0n) is 13.2. The van der Waals surface area contributed by atoms with Crippen LogP contribution in [-0.2, 0) is 9.59 Å². The Morgan fingerprint density at radius 3 is 2.65 bits per heavy atom. The molecular formula is C17H21BrN2O3. The van der Waals surface area contributed by atoms with Crippen molar-refractivity contribution >= 4 is 33.4 Å². The molecule has 5 nitrogen and oxygen atoms in total. The molecule has 0 saturated carbocycles. The normalized spacial score (nSPS) is 22.7. The molecule has 0 aliphatic carbocycles. The number of aryl methyl sites for hydroxylation is 1. The standard InChI is InChI=1S/C17H21BrN2O3/c1-11-8-13(2-3-15(11)18)20-10-12(9-16(20)22)17(23)19-6-4-14(21)5-7-19/h2-3,8,12,14,21H,4-7,9-10H2,1H3. The highest BCUT2D eigenvalue weighted by Gasteiger charge is 2.38. The van der Waals surface area contributed by atoms with Crippen LogP contribution in [0.1, 0.15) is 24.8 Å². The number of aliphatic hydroxyl groups excluding tert-OH is 1. The minimum Gasteiger partial charge on any atom is -0.393 e. The lowest BCUT2D eigenvalue weighted by atomic mass is 10.0. The molecule has 2 amide bonds. The number of amides is 2. The lowest BCUT2D eigenvalue weighted by molar-refractivity contribution is -0.137. The van der Waals surface area contributed by atoms with Crippen LogP contribution in [0.25, 0.3) is 0 Å². The Hall–Kier alpha value is -1.40. The highest BCUT2D eigenvalue weighted by Crippen LogP contribution is 2.29. The average Bonchev–Trinajstić information content (AvgIpc) is 2.92. The fraction of sp³-hybridized carbons (Fsp3) is 0.529. The van der Waals surface area contributed by atoms with Crippen LogP contribution in [0.2, 0.25) is 0 Å². The molecule has 0 spiro atoms. The van der Waals surface area contributed by atoms with Crippen molar-refractivity contribution in [1.29, 1.82) is 0 Å². The van der Waals surface area contributed by atoms with Gasteiger partial charge in [0.1, 0.15) is 0 Å². The summed E-state index contributed by atoms with van der Waals surface area (Å²) in [6.07, 6.45) is 1.23. The van der Waals surface area contributed by atoms with Crippen molar-refractivity contribution in [3.63, 3.8) is 0 Å².